The molecule has 0 aromatic heterocycles. The zero-order chi connectivity index (χ0) is 12.1. The van der Waals surface area contributed by atoms with Crippen LogP contribution in [0.2, 0.25) is 0 Å². The van der Waals surface area contributed by atoms with Crippen LogP contribution in [0, 0.1) is 0 Å². The third-order valence-electron chi connectivity index (χ3n) is 3.32. The van der Waals surface area contributed by atoms with Crippen molar-refractivity contribution in [2.45, 2.75) is 31.4 Å². The lowest BCUT2D eigenvalue weighted by Crippen LogP contribution is -2.45. The van der Waals surface area contributed by atoms with E-state index < -0.39 is 0 Å². The summed E-state index contributed by atoms with van der Waals surface area (Å²) in [4.78, 5) is 0. The highest BCUT2D eigenvalue weighted by Gasteiger charge is 2.29. The van der Waals surface area contributed by atoms with Gasteiger partial charge in [0.15, 0.2) is 0 Å². The van der Waals surface area contributed by atoms with Gasteiger partial charge < -0.3 is 14.8 Å². The summed E-state index contributed by atoms with van der Waals surface area (Å²) in [6.07, 6.45) is 3.57. The van der Waals surface area contributed by atoms with Crippen LogP contribution in [-0.2, 0) is 11.2 Å². The Morgan fingerprint density at radius 3 is 2.53 bits per heavy atom. The van der Waals surface area contributed by atoms with Gasteiger partial charge in [0.25, 0.3) is 0 Å². The zero-order valence-electron chi connectivity index (χ0n) is 10.6. The lowest BCUT2D eigenvalue weighted by molar-refractivity contribution is 0.0885. The molecule has 1 aliphatic carbocycles. The van der Waals surface area contributed by atoms with Crippen LogP contribution in [0.15, 0.2) is 24.3 Å². The molecule has 1 N–H and O–H groups in total. The molecular weight excluding hydrogens is 214 g/mol. The maximum Gasteiger partial charge on any atom is 0.119 e. The smallest absolute Gasteiger partial charge is 0.119 e. The predicted molar refractivity (Wildman–Crippen MR) is 68.5 cm³/mol. The Labute approximate surface area is 103 Å². The highest BCUT2D eigenvalue weighted by atomic mass is 16.5. The summed E-state index contributed by atoms with van der Waals surface area (Å²) >= 11 is 0. The molecule has 2 rings (SSSR count). The molecule has 0 amide bonds. The first kappa shape index (κ1) is 12.4. The molecule has 0 aliphatic heterocycles. The average Bonchev–Trinajstić information content (AvgIpc) is 2.32. The van der Waals surface area contributed by atoms with Crippen molar-refractivity contribution in [2.24, 2.45) is 0 Å². The van der Waals surface area contributed by atoms with Gasteiger partial charge in [0, 0.05) is 13.2 Å². The second kappa shape index (κ2) is 6.03. The van der Waals surface area contributed by atoms with Crippen LogP contribution in [0.1, 0.15) is 18.4 Å². The quantitative estimate of drug-likeness (QED) is 0.818. The Hall–Kier alpha value is -1.06. The monoisotopic (exact) mass is 235 g/mol. The molecule has 1 aromatic rings. The minimum absolute atomic E-state index is 0.386. The fraction of sp³-hybridized carbons (Fsp3) is 0.571. The van der Waals surface area contributed by atoms with E-state index in [4.69, 9.17) is 9.47 Å². The number of rotatable bonds is 6. The first-order valence-corrected chi connectivity index (χ1v) is 6.23. The Balaban J connectivity index is 1.78. The van der Waals surface area contributed by atoms with E-state index >= 15 is 0 Å². The van der Waals surface area contributed by atoms with Crippen molar-refractivity contribution in [1.29, 1.82) is 0 Å². The summed E-state index contributed by atoms with van der Waals surface area (Å²) in [7, 11) is 3.73. The predicted octanol–water partition coefficient (Wildman–Crippen LogP) is 2.00. The van der Waals surface area contributed by atoms with Gasteiger partial charge in [-0.25, -0.2) is 0 Å². The van der Waals surface area contributed by atoms with Crippen LogP contribution in [0.3, 0.4) is 0 Å². The van der Waals surface area contributed by atoms with E-state index in [1.165, 1.54) is 5.56 Å². The van der Waals surface area contributed by atoms with E-state index in [-0.39, 0.29) is 0 Å². The third kappa shape index (κ3) is 3.45. The Morgan fingerprint density at radius 2 is 1.94 bits per heavy atom. The molecule has 0 spiro atoms. The minimum Gasteiger partial charge on any atom is -0.490 e. The van der Waals surface area contributed by atoms with E-state index in [1.807, 2.05) is 7.05 Å². The summed E-state index contributed by atoms with van der Waals surface area (Å²) in [6.45, 7) is 0.771. The molecule has 0 atom stereocenters. The largest absolute Gasteiger partial charge is 0.490 e. The molecule has 3 heteroatoms. The van der Waals surface area contributed by atoms with E-state index in [0.717, 1.165) is 31.6 Å². The van der Waals surface area contributed by atoms with E-state index in [1.54, 1.807) is 7.11 Å². The van der Waals surface area contributed by atoms with Gasteiger partial charge in [-0.2, -0.15) is 0 Å². The number of ether oxygens (including phenoxy) is 2. The van der Waals surface area contributed by atoms with E-state index in [2.05, 4.69) is 29.6 Å². The molecule has 0 heterocycles. The highest BCUT2D eigenvalue weighted by molar-refractivity contribution is 5.27. The topological polar surface area (TPSA) is 30.5 Å². The van der Waals surface area contributed by atoms with Crippen molar-refractivity contribution in [1.82, 2.24) is 5.32 Å². The second-order valence-corrected chi connectivity index (χ2v) is 4.58. The van der Waals surface area contributed by atoms with E-state index in [0.29, 0.717) is 12.1 Å². The first-order chi connectivity index (χ1) is 8.31. The van der Waals surface area contributed by atoms with Crippen molar-refractivity contribution in [2.75, 3.05) is 20.8 Å². The lowest BCUT2D eigenvalue weighted by Gasteiger charge is -2.35. The fourth-order valence-corrected chi connectivity index (χ4v) is 2.04. The molecule has 3 nitrogen and oxygen atoms in total. The Bertz CT molecular complexity index is 331. The average molecular weight is 235 g/mol. The molecule has 0 unspecified atom stereocenters. The Morgan fingerprint density at radius 1 is 1.24 bits per heavy atom. The van der Waals surface area contributed by atoms with Crippen molar-refractivity contribution in [3.8, 4) is 5.75 Å². The molecular formula is C14H21NO2. The van der Waals surface area contributed by atoms with Crippen LogP contribution >= 0.6 is 0 Å². The lowest BCUT2D eigenvalue weighted by atomic mass is 9.89. The van der Waals surface area contributed by atoms with Crippen LogP contribution < -0.4 is 10.1 Å². The van der Waals surface area contributed by atoms with Crippen molar-refractivity contribution in [3.05, 3.63) is 29.8 Å². The molecule has 1 aliphatic rings. The maximum atomic E-state index is 5.87. The van der Waals surface area contributed by atoms with E-state index in [9.17, 15) is 0 Å². The Kier molecular flexibility index (Phi) is 4.40. The standard InChI is InChI=1S/C14H21NO2/c1-15-12-9-14(10-12)17-13-5-3-11(4-6-13)7-8-16-2/h3-6,12,14-15H,7-10H2,1-2H3. The van der Waals surface area contributed by atoms with Gasteiger partial charge >= 0.3 is 0 Å². The number of hydrogen-bond acceptors (Lipinski definition) is 3. The van der Waals surface area contributed by atoms with Gasteiger partial charge in [-0.3, -0.25) is 0 Å². The first-order valence-electron chi connectivity index (χ1n) is 6.23. The van der Waals surface area contributed by atoms with Crippen molar-refractivity contribution >= 4 is 0 Å². The van der Waals surface area contributed by atoms with Gasteiger partial charge in [0.2, 0.25) is 0 Å². The number of hydrogen-bond donors (Lipinski definition) is 1. The molecule has 1 saturated carbocycles. The summed E-state index contributed by atoms with van der Waals surface area (Å²) in [5.41, 5.74) is 1.29. The number of benzene rings is 1. The molecule has 0 bridgehead atoms. The van der Waals surface area contributed by atoms with Gasteiger partial charge in [-0.15, -0.1) is 0 Å². The van der Waals surface area contributed by atoms with Gasteiger partial charge in [-0.05, 0) is 44.0 Å². The third-order valence-corrected chi connectivity index (χ3v) is 3.32. The molecule has 0 saturated heterocycles. The minimum atomic E-state index is 0.386. The maximum absolute atomic E-state index is 5.87. The second-order valence-electron chi connectivity index (χ2n) is 4.58. The number of nitrogens with one attached hydrogen (secondary N) is 1. The molecule has 1 fully saturated rings. The highest BCUT2D eigenvalue weighted by Crippen LogP contribution is 2.25. The van der Waals surface area contributed by atoms with Crippen molar-refractivity contribution < 1.29 is 9.47 Å². The molecule has 94 valence electrons. The zero-order valence-corrected chi connectivity index (χ0v) is 10.6. The van der Waals surface area contributed by atoms with Crippen LogP contribution in [-0.4, -0.2) is 32.9 Å². The summed E-state index contributed by atoms with van der Waals surface area (Å²) in [5, 5.41) is 3.26. The summed E-state index contributed by atoms with van der Waals surface area (Å²) < 4.78 is 10.9. The summed E-state index contributed by atoms with van der Waals surface area (Å²) in [6, 6.07) is 8.97. The van der Waals surface area contributed by atoms with Crippen LogP contribution in [0.25, 0.3) is 0 Å². The SMILES string of the molecule is CNC1CC(Oc2ccc(CCOC)cc2)C1. The number of methoxy groups -OCH3 is 1. The van der Waals surface area contributed by atoms with Gasteiger partial charge in [0.1, 0.15) is 11.9 Å². The fourth-order valence-electron chi connectivity index (χ4n) is 2.04. The normalized spacial score (nSPS) is 23.2. The van der Waals surface area contributed by atoms with Gasteiger partial charge in [-0.1, -0.05) is 12.1 Å². The van der Waals surface area contributed by atoms with Crippen LogP contribution in [0.5, 0.6) is 5.75 Å². The molecule has 1 aromatic carbocycles. The molecule has 17 heavy (non-hydrogen) atoms. The van der Waals surface area contributed by atoms with Crippen molar-refractivity contribution in [3.63, 3.8) is 0 Å². The van der Waals surface area contributed by atoms with Gasteiger partial charge in [0.05, 0.1) is 6.61 Å². The van der Waals surface area contributed by atoms with Crippen LogP contribution in [0.4, 0.5) is 0 Å². The summed E-state index contributed by atoms with van der Waals surface area (Å²) in [5.74, 6) is 0.978. The molecule has 0 radical (unpaired) electrons.